The first-order valence-electron chi connectivity index (χ1n) is 11.3. The van der Waals surface area contributed by atoms with Gasteiger partial charge in [0.25, 0.3) is 5.91 Å². The van der Waals surface area contributed by atoms with E-state index in [4.69, 9.17) is 9.47 Å². The summed E-state index contributed by atoms with van der Waals surface area (Å²) in [7, 11) is 0. The minimum Gasteiger partial charge on any atom is -0.872 e. The van der Waals surface area contributed by atoms with Crippen LogP contribution in [0, 0.1) is 5.82 Å². The zero-order chi connectivity index (χ0) is 24.1. The monoisotopic (exact) mass is 466 g/mol. The normalized spacial score (nSPS) is 20.5. The van der Waals surface area contributed by atoms with Crippen molar-refractivity contribution in [3.8, 4) is 5.75 Å². The summed E-state index contributed by atoms with van der Waals surface area (Å²) < 4.78 is 24.4. The zero-order valence-corrected chi connectivity index (χ0v) is 18.8. The van der Waals surface area contributed by atoms with E-state index in [1.807, 2.05) is 0 Å². The number of carbonyl (C=O) groups is 2. The first kappa shape index (κ1) is 23.7. The molecule has 1 atom stereocenters. The van der Waals surface area contributed by atoms with Gasteiger partial charge in [-0.25, -0.2) is 4.39 Å². The van der Waals surface area contributed by atoms with E-state index in [9.17, 15) is 19.1 Å². The molecule has 2 aromatic rings. The van der Waals surface area contributed by atoms with Gasteiger partial charge in [-0.05, 0) is 35.4 Å². The molecule has 1 N–H and O–H groups in total. The van der Waals surface area contributed by atoms with Crippen molar-refractivity contribution in [2.75, 3.05) is 46.0 Å². The molecule has 1 amide bonds. The third kappa shape index (κ3) is 5.03. The molecule has 0 spiro atoms. The minimum atomic E-state index is -0.870. The van der Waals surface area contributed by atoms with Gasteiger partial charge in [-0.15, -0.1) is 0 Å². The van der Waals surface area contributed by atoms with Gasteiger partial charge in [-0.1, -0.05) is 42.7 Å². The van der Waals surface area contributed by atoms with Crippen LogP contribution in [0.3, 0.4) is 0 Å². The van der Waals surface area contributed by atoms with Crippen LogP contribution in [0.5, 0.6) is 5.75 Å². The zero-order valence-electron chi connectivity index (χ0n) is 18.8. The van der Waals surface area contributed by atoms with E-state index in [0.29, 0.717) is 44.2 Å². The Morgan fingerprint density at radius 1 is 1.15 bits per heavy atom. The Morgan fingerprint density at radius 3 is 2.47 bits per heavy atom. The van der Waals surface area contributed by atoms with Crippen molar-refractivity contribution in [2.24, 2.45) is 0 Å². The molecule has 2 saturated heterocycles. The highest BCUT2D eigenvalue weighted by atomic mass is 19.1. The van der Waals surface area contributed by atoms with Crippen molar-refractivity contribution in [3.63, 3.8) is 0 Å². The van der Waals surface area contributed by atoms with Gasteiger partial charge in [0.05, 0.1) is 32.3 Å². The molecule has 1 unspecified atom stereocenters. The number of benzene rings is 2. The Balaban J connectivity index is 1.68. The molecule has 0 radical (unpaired) electrons. The van der Waals surface area contributed by atoms with Gasteiger partial charge in [-0.2, -0.15) is 0 Å². The summed E-state index contributed by atoms with van der Waals surface area (Å²) in [5.74, 6) is -1.93. The van der Waals surface area contributed by atoms with Gasteiger partial charge in [0.2, 0.25) is 5.78 Å². The fraction of sp³-hybridized carbons (Fsp3) is 0.308. The van der Waals surface area contributed by atoms with Crippen LogP contribution in [0.25, 0.3) is 5.76 Å². The number of morpholine rings is 1. The molecule has 2 aliphatic heterocycles. The van der Waals surface area contributed by atoms with E-state index in [1.165, 1.54) is 34.1 Å². The van der Waals surface area contributed by atoms with E-state index in [1.54, 1.807) is 30.3 Å². The topological polar surface area (TPSA) is 83.3 Å². The van der Waals surface area contributed by atoms with Crippen LogP contribution < -0.4 is 14.7 Å². The van der Waals surface area contributed by atoms with E-state index in [-0.39, 0.29) is 11.1 Å². The summed E-state index contributed by atoms with van der Waals surface area (Å²) in [4.78, 5) is 28.8. The van der Waals surface area contributed by atoms with Gasteiger partial charge in [0.1, 0.15) is 31.3 Å². The standard InChI is InChI=1S/C26H27FN2O5/c1-2-15-34-21-9-5-19(6-10-21)24(30)22-23(18-3-7-20(27)8-4-18)29(26(32)25(22)31)12-11-28-13-16-33-17-14-28/h2-10,23,30H,1,11-17H2/b24-22+. The lowest BCUT2D eigenvalue weighted by Gasteiger charge is -2.30. The third-order valence-corrected chi connectivity index (χ3v) is 6.11. The van der Waals surface area contributed by atoms with Crippen LogP contribution in [-0.2, 0) is 14.3 Å². The maximum absolute atomic E-state index is 13.6. The minimum absolute atomic E-state index is 0.117. The van der Waals surface area contributed by atoms with Gasteiger partial charge in [0.15, 0.2) is 0 Å². The Morgan fingerprint density at radius 2 is 1.82 bits per heavy atom. The molecule has 2 fully saturated rings. The molecule has 8 heteroatoms. The number of hydrogen-bond donors (Lipinski definition) is 1. The van der Waals surface area contributed by atoms with Crippen molar-refractivity contribution >= 4 is 17.4 Å². The van der Waals surface area contributed by atoms with Gasteiger partial charge < -0.3 is 24.4 Å². The van der Waals surface area contributed by atoms with Crippen LogP contribution in [0.15, 0.2) is 66.8 Å². The molecule has 2 aromatic carbocycles. The molecule has 178 valence electrons. The van der Waals surface area contributed by atoms with E-state index >= 15 is 0 Å². The predicted molar refractivity (Wildman–Crippen MR) is 121 cm³/mol. The van der Waals surface area contributed by atoms with E-state index in [2.05, 4.69) is 6.58 Å². The largest absolute Gasteiger partial charge is 0.872 e. The average molecular weight is 467 g/mol. The van der Waals surface area contributed by atoms with E-state index < -0.39 is 29.3 Å². The summed E-state index contributed by atoms with van der Waals surface area (Å²) in [5, 5.41) is 13.4. The van der Waals surface area contributed by atoms with Crippen LogP contribution in [0.4, 0.5) is 4.39 Å². The maximum atomic E-state index is 13.6. The van der Waals surface area contributed by atoms with E-state index in [0.717, 1.165) is 13.1 Å². The number of ether oxygens (including phenoxy) is 2. The Bertz CT molecular complexity index is 1080. The number of amides is 1. The first-order chi connectivity index (χ1) is 16.5. The molecular formula is C26H27FN2O5. The smallest absolute Gasteiger partial charge is 0.295 e. The lowest BCUT2D eigenvalue weighted by atomic mass is 9.95. The highest BCUT2D eigenvalue weighted by Crippen LogP contribution is 2.38. The molecular weight excluding hydrogens is 439 g/mol. The van der Waals surface area contributed by atoms with Crippen molar-refractivity contribution < 1.29 is 33.5 Å². The lowest BCUT2D eigenvalue weighted by molar-refractivity contribution is -0.907. The molecule has 7 nitrogen and oxygen atoms in total. The first-order valence-corrected chi connectivity index (χ1v) is 11.3. The highest BCUT2D eigenvalue weighted by Gasteiger charge is 2.44. The number of Topliss-reactive ketones (excluding diaryl/α,β-unsaturated/α-hetero) is 1. The third-order valence-electron chi connectivity index (χ3n) is 6.11. The molecule has 0 bridgehead atoms. The fourth-order valence-electron chi connectivity index (χ4n) is 4.29. The number of quaternary nitrogens is 1. The number of ketones is 1. The summed E-state index contributed by atoms with van der Waals surface area (Å²) >= 11 is 0. The average Bonchev–Trinajstić information content (AvgIpc) is 3.12. The maximum Gasteiger partial charge on any atom is 0.295 e. The number of likely N-dealkylation sites (tertiary alicyclic amines) is 1. The summed E-state index contributed by atoms with van der Waals surface area (Å²) in [5.41, 5.74) is 0.676. The highest BCUT2D eigenvalue weighted by molar-refractivity contribution is 6.46. The molecule has 0 aliphatic carbocycles. The molecule has 2 heterocycles. The van der Waals surface area contributed by atoms with Gasteiger partial charge in [0, 0.05) is 5.57 Å². The van der Waals surface area contributed by atoms with Crippen LogP contribution in [0.2, 0.25) is 0 Å². The van der Waals surface area contributed by atoms with Crippen LogP contribution >= 0.6 is 0 Å². The number of carbonyl (C=O) groups excluding carboxylic acids is 2. The predicted octanol–water partition coefficient (Wildman–Crippen LogP) is 0.530. The molecule has 34 heavy (non-hydrogen) atoms. The van der Waals surface area contributed by atoms with Gasteiger partial charge in [-0.3, -0.25) is 9.59 Å². The van der Waals surface area contributed by atoms with Crippen molar-refractivity contribution in [1.82, 2.24) is 4.90 Å². The second-order valence-electron chi connectivity index (χ2n) is 8.26. The SMILES string of the molecule is C=CCOc1ccc(/C([O-])=C2\C(=O)C(=O)N(CC[NH+]3CCOCC3)C2c2ccc(F)cc2)cc1. The Labute approximate surface area is 197 Å². The van der Waals surface area contributed by atoms with Crippen LogP contribution in [0.1, 0.15) is 17.2 Å². The number of hydrogen-bond acceptors (Lipinski definition) is 5. The lowest BCUT2D eigenvalue weighted by Crippen LogP contribution is -3.14. The fourth-order valence-corrected chi connectivity index (χ4v) is 4.29. The molecule has 4 rings (SSSR count). The Kier molecular flexibility index (Phi) is 7.40. The molecule has 0 aromatic heterocycles. The number of nitrogens with one attached hydrogen (secondary N) is 1. The number of nitrogens with zero attached hydrogens (tertiary/aromatic N) is 1. The Hall–Kier alpha value is -3.49. The second-order valence-corrected chi connectivity index (χ2v) is 8.26. The summed E-state index contributed by atoms with van der Waals surface area (Å²) in [6.45, 7) is 7.75. The van der Waals surface area contributed by atoms with Gasteiger partial charge >= 0.3 is 0 Å². The number of halogens is 1. The van der Waals surface area contributed by atoms with Crippen molar-refractivity contribution in [3.05, 3.63) is 83.7 Å². The summed E-state index contributed by atoms with van der Waals surface area (Å²) in [6.07, 6.45) is 1.61. The van der Waals surface area contributed by atoms with Crippen molar-refractivity contribution in [1.29, 1.82) is 0 Å². The number of rotatable bonds is 8. The second kappa shape index (κ2) is 10.6. The van der Waals surface area contributed by atoms with Crippen LogP contribution in [-0.4, -0.2) is 62.6 Å². The van der Waals surface area contributed by atoms with Crippen molar-refractivity contribution in [2.45, 2.75) is 6.04 Å². The summed E-state index contributed by atoms with van der Waals surface area (Å²) in [6, 6.07) is 11.1. The molecule has 0 saturated carbocycles. The molecule has 2 aliphatic rings. The quantitative estimate of drug-likeness (QED) is 0.266.